The SMILES string of the molecule is CCc1ccc(-c2nc(C(=O)O[C@H](C)C(=O)Nc3cccc(F)c3)cs2)cc1. The molecule has 0 aliphatic carbocycles. The van der Waals surface area contributed by atoms with Gasteiger partial charge in [-0.3, -0.25) is 4.79 Å². The van der Waals surface area contributed by atoms with Crippen molar-refractivity contribution in [2.45, 2.75) is 26.4 Å². The van der Waals surface area contributed by atoms with Gasteiger partial charge >= 0.3 is 5.97 Å². The number of rotatable bonds is 6. The Morgan fingerprint density at radius 2 is 1.96 bits per heavy atom. The summed E-state index contributed by atoms with van der Waals surface area (Å²) in [4.78, 5) is 28.7. The molecule has 3 aromatic rings. The summed E-state index contributed by atoms with van der Waals surface area (Å²) < 4.78 is 18.4. The molecule has 1 N–H and O–H groups in total. The van der Waals surface area contributed by atoms with Gasteiger partial charge in [-0.15, -0.1) is 11.3 Å². The number of halogens is 1. The van der Waals surface area contributed by atoms with E-state index in [1.54, 1.807) is 11.4 Å². The van der Waals surface area contributed by atoms with E-state index >= 15 is 0 Å². The fourth-order valence-corrected chi connectivity index (χ4v) is 3.26. The molecule has 0 spiro atoms. The number of nitrogens with zero attached hydrogens (tertiary/aromatic N) is 1. The molecule has 1 atom stereocenters. The summed E-state index contributed by atoms with van der Waals surface area (Å²) in [5.74, 6) is -1.71. The third-order valence-corrected chi connectivity index (χ3v) is 4.96. The average molecular weight is 398 g/mol. The van der Waals surface area contributed by atoms with E-state index in [0.717, 1.165) is 12.0 Å². The number of amides is 1. The number of thiazole rings is 1. The highest BCUT2D eigenvalue weighted by Gasteiger charge is 2.21. The predicted molar refractivity (Wildman–Crippen MR) is 107 cm³/mol. The number of hydrogen-bond acceptors (Lipinski definition) is 5. The molecule has 0 aliphatic rings. The van der Waals surface area contributed by atoms with Crippen molar-refractivity contribution in [3.8, 4) is 10.6 Å². The summed E-state index contributed by atoms with van der Waals surface area (Å²) in [6.07, 6.45) is -0.101. The highest BCUT2D eigenvalue weighted by atomic mass is 32.1. The van der Waals surface area contributed by atoms with Crippen LogP contribution in [0.25, 0.3) is 10.6 Å². The second kappa shape index (κ2) is 8.75. The highest BCUT2D eigenvalue weighted by Crippen LogP contribution is 2.24. The largest absolute Gasteiger partial charge is 0.448 e. The molecule has 0 unspecified atom stereocenters. The number of hydrogen-bond donors (Lipinski definition) is 1. The molecule has 0 bridgehead atoms. The molecular formula is C21H19FN2O3S. The Labute approximate surface area is 166 Å². The standard InChI is InChI=1S/C21H19FN2O3S/c1-3-14-7-9-15(10-8-14)20-24-18(12-28-20)21(26)27-13(2)19(25)23-17-6-4-5-16(22)11-17/h4-13H,3H2,1-2H3,(H,23,25)/t13-/m1/s1. The van der Waals surface area contributed by atoms with Crippen LogP contribution in [0.3, 0.4) is 0 Å². The predicted octanol–water partition coefficient (Wildman–Crippen LogP) is 4.70. The summed E-state index contributed by atoms with van der Waals surface area (Å²) >= 11 is 1.33. The zero-order chi connectivity index (χ0) is 20.1. The molecule has 1 amide bonds. The minimum atomic E-state index is -1.05. The van der Waals surface area contributed by atoms with Gasteiger partial charge in [-0.1, -0.05) is 37.3 Å². The third-order valence-electron chi connectivity index (χ3n) is 4.07. The highest BCUT2D eigenvalue weighted by molar-refractivity contribution is 7.13. The Balaban J connectivity index is 1.62. The normalized spacial score (nSPS) is 11.7. The number of anilines is 1. The summed E-state index contributed by atoms with van der Waals surface area (Å²) in [5, 5.41) is 4.81. The van der Waals surface area contributed by atoms with Crippen LogP contribution in [0, 0.1) is 5.82 Å². The van der Waals surface area contributed by atoms with Gasteiger partial charge in [0.05, 0.1) is 0 Å². The van der Waals surface area contributed by atoms with Gasteiger partial charge in [0, 0.05) is 16.6 Å². The average Bonchev–Trinajstić information content (AvgIpc) is 3.18. The maximum atomic E-state index is 13.2. The summed E-state index contributed by atoms with van der Waals surface area (Å²) in [6, 6.07) is 13.4. The lowest BCUT2D eigenvalue weighted by Gasteiger charge is -2.12. The molecule has 3 rings (SSSR count). The first-order chi connectivity index (χ1) is 13.5. The van der Waals surface area contributed by atoms with E-state index in [-0.39, 0.29) is 5.69 Å². The van der Waals surface area contributed by atoms with Gasteiger partial charge in [-0.05, 0) is 37.1 Å². The van der Waals surface area contributed by atoms with Gasteiger partial charge in [-0.25, -0.2) is 14.2 Å². The first-order valence-electron chi connectivity index (χ1n) is 8.78. The van der Waals surface area contributed by atoms with E-state index in [1.165, 1.54) is 42.0 Å². The van der Waals surface area contributed by atoms with Crippen molar-refractivity contribution in [2.75, 3.05) is 5.32 Å². The lowest BCUT2D eigenvalue weighted by Crippen LogP contribution is -2.30. The monoisotopic (exact) mass is 398 g/mol. The number of carbonyl (C=O) groups is 2. The molecule has 0 radical (unpaired) electrons. The van der Waals surface area contributed by atoms with E-state index in [2.05, 4.69) is 17.2 Å². The van der Waals surface area contributed by atoms with Crippen molar-refractivity contribution < 1.29 is 18.7 Å². The molecule has 1 heterocycles. The molecule has 0 fully saturated rings. The maximum Gasteiger partial charge on any atom is 0.358 e. The van der Waals surface area contributed by atoms with Gasteiger partial charge in [0.25, 0.3) is 5.91 Å². The van der Waals surface area contributed by atoms with Crippen LogP contribution >= 0.6 is 11.3 Å². The smallest absolute Gasteiger partial charge is 0.358 e. The van der Waals surface area contributed by atoms with Crippen molar-refractivity contribution >= 4 is 28.9 Å². The Morgan fingerprint density at radius 3 is 2.64 bits per heavy atom. The van der Waals surface area contributed by atoms with E-state index in [4.69, 9.17) is 4.74 Å². The number of benzene rings is 2. The van der Waals surface area contributed by atoms with Crippen LogP contribution in [-0.4, -0.2) is 23.0 Å². The fourth-order valence-electron chi connectivity index (χ4n) is 2.47. The van der Waals surface area contributed by atoms with Crippen LogP contribution in [0.4, 0.5) is 10.1 Å². The van der Waals surface area contributed by atoms with Gasteiger partial charge < -0.3 is 10.1 Å². The molecule has 28 heavy (non-hydrogen) atoms. The van der Waals surface area contributed by atoms with Gasteiger partial charge in [0.2, 0.25) is 0 Å². The molecule has 2 aromatic carbocycles. The van der Waals surface area contributed by atoms with E-state index in [9.17, 15) is 14.0 Å². The molecule has 0 aliphatic heterocycles. The number of aryl methyl sites for hydroxylation is 1. The van der Waals surface area contributed by atoms with Gasteiger partial charge in [-0.2, -0.15) is 0 Å². The summed E-state index contributed by atoms with van der Waals surface area (Å²) in [7, 11) is 0. The quantitative estimate of drug-likeness (QED) is 0.612. The lowest BCUT2D eigenvalue weighted by atomic mass is 10.1. The molecule has 5 nitrogen and oxygen atoms in total. The van der Waals surface area contributed by atoms with Crippen molar-refractivity contribution in [3.63, 3.8) is 0 Å². The fraction of sp³-hybridized carbons (Fsp3) is 0.190. The Kier molecular flexibility index (Phi) is 6.16. The molecule has 0 saturated heterocycles. The summed E-state index contributed by atoms with van der Waals surface area (Å²) in [6.45, 7) is 3.53. The van der Waals surface area contributed by atoms with Crippen LogP contribution in [0.1, 0.15) is 29.9 Å². The van der Waals surface area contributed by atoms with E-state index < -0.39 is 23.8 Å². The molecule has 7 heteroatoms. The number of carbonyl (C=O) groups excluding carboxylic acids is 2. The number of ether oxygens (including phenoxy) is 1. The van der Waals surface area contributed by atoms with Crippen molar-refractivity contribution in [1.29, 1.82) is 0 Å². The Bertz CT molecular complexity index is 985. The second-order valence-corrected chi connectivity index (χ2v) is 6.99. The van der Waals surface area contributed by atoms with Gasteiger partial charge in [0.1, 0.15) is 10.8 Å². The van der Waals surface area contributed by atoms with Crippen LogP contribution in [-0.2, 0) is 16.0 Å². The van der Waals surface area contributed by atoms with Crippen molar-refractivity contribution in [2.24, 2.45) is 0 Å². The van der Waals surface area contributed by atoms with E-state index in [1.807, 2.05) is 24.3 Å². The van der Waals surface area contributed by atoms with Crippen LogP contribution in [0.15, 0.2) is 53.9 Å². The van der Waals surface area contributed by atoms with E-state index in [0.29, 0.717) is 10.7 Å². The minimum Gasteiger partial charge on any atom is -0.448 e. The second-order valence-electron chi connectivity index (χ2n) is 6.14. The Morgan fingerprint density at radius 1 is 1.21 bits per heavy atom. The van der Waals surface area contributed by atoms with Crippen LogP contribution in [0.5, 0.6) is 0 Å². The summed E-state index contributed by atoms with van der Waals surface area (Å²) in [5.41, 5.74) is 2.57. The first-order valence-corrected chi connectivity index (χ1v) is 9.66. The topological polar surface area (TPSA) is 68.3 Å². The van der Waals surface area contributed by atoms with Crippen LogP contribution in [0.2, 0.25) is 0 Å². The molecule has 1 aromatic heterocycles. The lowest BCUT2D eigenvalue weighted by molar-refractivity contribution is -0.123. The number of aromatic nitrogens is 1. The molecule has 0 saturated carbocycles. The van der Waals surface area contributed by atoms with Crippen LogP contribution < -0.4 is 5.32 Å². The van der Waals surface area contributed by atoms with Gasteiger partial charge in [0.15, 0.2) is 11.8 Å². The molecule has 144 valence electrons. The first kappa shape index (κ1) is 19.7. The Hall–Kier alpha value is -3.06. The zero-order valence-corrected chi connectivity index (χ0v) is 16.3. The van der Waals surface area contributed by atoms with Crippen molar-refractivity contribution in [3.05, 3.63) is 71.0 Å². The van der Waals surface area contributed by atoms with Crippen molar-refractivity contribution in [1.82, 2.24) is 4.98 Å². The zero-order valence-electron chi connectivity index (χ0n) is 15.4. The maximum absolute atomic E-state index is 13.2. The minimum absolute atomic E-state index is 0.143. The third kappa shape index (κ3) is 4.80. The molecular weight excluding hydrogens is 379 g/mol. The number of esters is 1. The number of nitrogens with one attached hydrogen (secondary N) is 1.